The van der Waals surface area contributed by atoms with Crippen molar-refractivity contribution in [1.82, 2.24) is 19.8 Å². The lowest BCUT2D eigenvalue weighted by Gasteiger charge is -2.14. The van der Waals surface area contributed by atoms with Crippen molar-refractivity contribution in [3.63, 3.8) is 0 Å². The van der Waals surface area contributed by atoms with Crippen LogP contribution in [0.1, 0.15) is 0 Å². The summed E-state index contributed by atoms with van der Waals surface area (Å²) in [6, 6.07) is 14.1. The number of benzene rings is 2. The second-order valence-electron chi connectivity index (χ2n) is 7.65. The lowest BCUT2D eigenvalue weighted by molar-refractivity contribution is 0.377. The maximum atomic E-state index is 12.8. The van der Waals surface area contributed by atoms with Crippen molar-refractivity contribution < 1.29 is 26.9 Å². The maximum Gasteiger partial charge on any atom is 0.391 e. The van der Waals surface area contributed by atoms with Crippen LogP contribution >= 0.6 is 58.1 Å². The zero-order valence-electron chi connectivity index (χ0n) is 18.7. The van der Waals surface area contributed by atoms with Gasteiger partial charge in [0.05, 0.1) is 15.3 Å². The predicted molar refractivity (Wildman–Crippen MR) is 148 cm³/mol. The Kier molecular flexibility index (Phi) is 7.64. The van der Waals surface area contributed by atoms with E-state index in [0.717, 1.165) is 11.3 Å². The van der Waals surface area contributed by atoms with Gasteiger partial charge in [0, 0.05) is 21.1 Å². The van der Waals surface area contributed by atoms with Crippen LogP contribution in [0.15, 0.2) is 74.0 Å². The number of rotatable bonds is 8. The van der Waals surface area contributed by atoms with Gasteiger partial charge < -0.3 is 13.9 Å². The third-order valence-electron chi connectivity index (χ3n) is 5.02. The molecule has 3 aromatic heterocycles. The van der Waals surface area contributed by atoms with Gasteiger partial charge in [-0.15, -0.1) is 11.3 Å². The van der Waals surface area contributed by atoms with E-state index in [4.69, 9.17) is 32.2 Å². The van der Waals surface area contributed by atoms with Crippen molar-refractivity contribution in [2.45, 2.75) is 4.21 Å². The van der Waals surface area contributed by atoms with E-state index in [1.807, 2.05) is 0 Å². The molecule has 0 radical (unpaired) electrons. The van der Waals surface area contributed by atoms with Gasteiger partial charge in [-0.2, -0.15) is 9.71 Å². The van der Waals surface area contributed by atoms with Crippen LogP contribution in [0.3, 0.4) is 0 Å². The molecular weight excluding hydrogens is 662 g/mol. The predicted octanol–water partition coefficient (Wildman–Crippen LogP) is 6.58. The Morgan fingerprint density at radius 1 is 1.13 bits per heavy atom. The minimum Gasteiger partial charge on any atom is -0.424 e. The zero-order valence-corrected chi connectivity index (χ0v) is 24.3. The molecule has 0 fully saturated rings. The number of fused-ring (bicyclic) bond motifs is 1. The molecule has 0 aliphatic carbocycles. The molecule has 1 atom stereocenters. The SMILES string of the molecule is O=P(O)(CNS(=O)(=O)c1cc2c(Cl)ccc(Cl)c2s1)Oc1ccc(Br)c(-c2nc(-c3ccccn3)no2)c1. The first-order valence-electron chi connectivity index (χ1n) is 10.5. The van der Waals surface area contributed by atoms with E-state index in [1.165, 1.54) is 18.2 Å². The first-order valence-corrected chi connectivity index (χ1v) is 16.1. The summed E-state index contributed by atoms with van der Waals surface area (Å²) >= 11 is 16.6. The lowest BCUT2D eigenvalue weighted by atomic mass is 10.2. The molecule has 38 heavy (non-hydrogen) atoms. The van der Waals surface area contributed by atoms with Crippen molar-refractivity contribution in [2.75, 3.05) is 6.29 Å². The number of thiophene rings is 1. The molecule has 5 rings (SSSR count). The highest BCUT2D eigenvalue weighted by Crippen LogP contribution is 2.44. The number of pyridine rings is 1. The fraction of sp³-hybridized carbons (Fsp3) is 0.0455. The second kappa shape index (κ2) is 10.7. The largest absolute Gasteiger partial charge is 0.424 e. The summed E-state index contributed by atoms with van der Waals surface area (Å²) in [4.78, 5) is 18.9. The van der Waals surface area contributed by atoms with Gasteiger partial charge in [0.15, 0.2) is 0 Å². The van der Waals surface area contributed by atoms with E-state index in [0.29, 0.717) is 35.9 Å². The van der Waals surface area contributed by atoms with Gasteiger partial charge in [-0.25, -0.2) is 13.0 Å². The molecule has 0 bridgehead atoms. The molecule has 196 valence electrons. The summed E-state index contributed by atoms with van der Waals surface area (Å²) in [5.74, 6) is 0.342. The smallest absolute Gasteiger partial charge is 0.391 e. The highest BCUT2D eigenvalue weighted by atomic mass is 79.9. The third kappa shape index (κ3) is 5.80. The molecule has 0 amide bonds. The van der Waals surface area contributed by atoms with E-state index in [9.17, 15) is 17.9 Å². The molecule has 3 heterocycles. The van der Waals surface area contributed by atoms with Gasteiger partial charge in [-0.1, -0.05) is 34.4 Å². The Morgan fingerprint density at radius 3 is 2.66 bits per heavy atom. The number of nitrogens with one attached hydrogen (secondary N) is 1. The second-order valence-corrected chi connectivity index (χ2v) is 14.1. The Labute approximate surface area is 238 Å². The van der Waals surface area contributed by atoms with E-state index in [-0.39, 0.29) is 21.7 Å². The minimum absolute atomic E-state index is 0.0220. The van der Waals surface area contributed by atoms with Gasteiger partial charge in [0.1, 0.15) is 21.9 Å². The van der Waals surface area contributed by atoms with Crippen LogP contribution in [0.4, 0.5) is 0 Å². The fourth-order valence-corrected chi connectivity index (χ4v) is 8.17. The average Bonchev–Trinajstić information content (AvgIpc) is 3.56. The van der Waals surface area contributed by atoms with Crippen molar-refractivity contribution in [3.8, 4) is 28.7 Å². The van der Waals surface area contributed by atoms with Gasteiger partial charge >= 0.3 is 7.60 Å². The highest BCUT2D eigenvalue weighted by Gasteiger charge is 2.28. The minimum atomic E-state index is -4.48. The standard InChI is InChI=1S/C22H14BrCl2N4O6PS2/c23-15-5-4-12(9-13(15)22-28-21(29-34-22)18-3-1-2-8-26-18)35-36(30,31)11-27-38(32,33)19-10-14-16(24)6-7-17(25)20(14)37-19/h1-10,27H,11H2,(H,30,31). The number of hydrogen-bond donors (Lipinski definition) is 2. The van der Waals surface area contributed by atoms with E-state index >= 15 is 0 Å². The molecule has 5 aromatic rings. The van der Waals surface area contributed by atoms with Crippen LogP contribution < -0.4 is 9.25 Å². The Morgan fingerprint density at radius 2 is 1.92 bits per heavy atom. The summed E-state index contributed by atoms with van der Waals surface area (Å²) in [5, 5.41) is 5.04. The van der Waals surface area contributed by atoms with Crippen molar-refractivity contribution in [1.29, 1.82) is 0 Å². The molecule has 0 saturated carbocycles. The van der Waals surface area contributed by atoms with E-state index in [1.54, 1.807) is 42.6 Å². The van der Waals surface area contributed by atoms with Gasteiger partial charge in [0.2, 0.25) is 5.82 Å². The first kappa shape index (κ1) is 27.2. The van der Waals surface area contributed by atoms with Gasteiger partial charge in [0.25, 0.3) is 15.9 Å². The quantitative estimate of drug-likeness (QED) is 0.174. The number of sulfonamides is 1. The summed E-state index contributed by atoms with van der Waals surface area (Å²) in [6.45, 7) is 0. The van der Waals surface area contributed by atoms with Crippen molar-refractivity contribution in [2.24, 2.45) is 0 Å². The van der Waals surface area contributed by atoms with Crippen LogP contribution in [-0.4, -0.2) is 34.7 Å². The number of halogens is 3. The lowest BCUT2D eigenvalue weighted by Crippen LogP contribution is -2.25. The van der Waals surface area contributed by atoms with Crippen molar-refractivity contribution >= 4 is 78.2 Å². The Bertz CT molecular complexity index is 1780. The molecule has 2 N–H and O–H groups in total. The van der Waals surface area contributed by atoms with Crippen LogP contribution in [-0.2, 0) is 14.6 Å². The van der Waals surface area contributed by atoms with Gasteiger partial charge in [-0.3, -0.25) is 4.98 Å². The van der Waals surface area contributed by atoms with E-state index < -0.39 is 23.9 Å². The summed E-state index contributed by atoms with van der Waals surface area (Å²) in [7, 11) is -8.65. The summed E-state index contributed by atoms with van der Waals surface area (Å²) in [5.41, 5.74) is 0.887. The Hall–Kier alpha value is -2.35. The van der Waals surface area contributed by atoms with Gasteiger partial charge in [-0.05, 0) is 64.5 Å². The summed E-state index contributed by atoms with van der Waals surface area (Å²) < 4.78 is 52.0. The third-order valence-corrected chi connectivity index (χ3v) is 10.8. The molecule has 0 aliphatic rings. The zero-order chi connectivity index (χ0) is 27.1. The normalized spacial score (nSPS) is 13.5. The number of aromatic nitrogens is 3. The molecule has 1 unspecified atom stereocenters. The topological polar surface area (TPSA) is 145 Å². The first-order chi connectivity index (χ1) is 18.0. The highest BCUT2D eigenvalue weighted by molar-refractivity contribution is 9.10. The fourth-order valence-electron chi connectivity index (χ4n) is 3.26. The van der Waals surface area contributed by atoms with Crippen LogP contribution in [0.25, 0.3) is 33.1 Å². The monoisotopic (exact) mass is 674 g/mol. The molecule has 0 saturated heterocycles. The molecule has 0 aliphatic heterocycles. The molecular formula is C22H14BrCl2N4O6PS2. The molecule has 0 spiro atoms. The number of nitrogens with zero attached hydrogens (tertiary/aromatic N) is 3. The number of hydrogen-bond acceptors (Lipinski definition) is 9. The molecule has 10 nitrogen and oxygen atoms in total. The molecule has 2 aromatic carbocycles. The summed E-state index contributed by atoms with van der Waals surface area (Å²) in [6.07, 6.45) is 0.703. The maximum absolute atomic E-state index is 12.8. The van der Waals surface area contributed by atoms with Crippen LogP contribution in [0.2, 0.25) is 10.0 Å². The van der Waals surface area contributed by atoms with Crippen molar-refractivity contribution in [3.05, 3.63) is 75.3 Å². The Balaban J connectivity index is 1.33. The average molecular weight is 676 g/mol. The van der Waals surface area contributed by atoms with Crippen LogP contribution in [0.5, 0.6) is 5.75 Å². The van der Waals surface area contributed by atoms with Crippen LogP contribution in [0, 0.1) is 0 Å². The molecule has 16 heteroatoms. The van der Waals surface area contributed by atoms with E-state index in [2.05, 4.69) is 35.8 Å².